The normalized spacial score (nSPS) is 14.4. The Hall–Kier alpha value is -3.57. The highest BCUT2D eigenvalue weighted by molar-refractivity contribution is 5.95. The molecular weight excluding hydrogens is 456 g/mol. The molecule has 8 heteroatoms. The van der Waals surface area contributed by atoms with Crippen molar-refractivity contribution < 1.29 is 19.8 Å². The maximum absolute atomic E-state index is 12.3. The Morgan fingerprint density at radius 1 is 1.22 bits per heavy atom. The maximum atomic E-state index is 12.3. The van der Waals surface area contributed by atoms with Gasteiger partial charge in [0.1, 0.15) is 6.23 Å². The topological polar surface area (TPSA) is 126 Å². The number of carboxylic acid groups (broad SMARTS) is 1. The number of hydrogen-bond acceptors (Lipinski definition) is 6. The first-order valence-electron chi connectivity index (χ1n) is 12.5. The lowest BCUT2D eigenvalue weighted by atomic mass is 10.0. The van der Waals surface area contributed by atoms with Gasteiger partial charge in [0.05, 0.1) is 17.7 Å². The van der Waals surface area contributed by atoms with E-state index in [0.29, 0.717) is 35.6 Å². The van der Waals surface area contributed by atoms with Crippen LogP contribution < -0.4 is 15.5 Å². The minimum Gasteiger partial charge on any atom is -0.481 e. The largest absolute Gasteiger partial charge is 0.481 e. The number of carboxylic acids is 1. The molecule has 0 bridgehead atoms. The molecule has 0 aromatic heterocycles. The van der Waals surface area contributed by atoms with E-state index in [4.69, 9.17) is 5.11 Å². The Bertz CT molecular complexity index is 1120. The fourth-order valence-corrected chi connectivity index (χ4v) is 4.35. The van der Waals surface area contributed by atoms with Crippen LogP contribution in [-0.2, 0) is 11.2 Å². The average Bonchev–Trinajstić information content (AvgIpc) is 3.69. The molecule has 8 nitrogen and oxygen atoms in total. The lowest BCUT2D eigenvalue weighted by Gasteiger charge is -2.36. The quantitative estimate of drug-likeness (QED) is 0.311. The van der Waals surface area contributed by atoms with Crippen LogP contribution in [0.5, 0.6) is 0 Å². The smallest absolute Gasteiger partial charge is 0.303 e. The lowest BCUT2D eigenvalue weighted by molar-refractivity contribution is -0.137. The summed E-state index contributed by atoms with van der Waals surface area (Å²) >= 11 is 0. The Morgan fingerprint density at radius 2 is 1.97 bits per heavy atom. The van der Waals surface area contributed by atoms with E-state index in [-0.39, 0.29) is 18.4 Å². The molecule has 192 valence electrons. The molecule has 0 aliphatic heterocycles. The maximum Gasteiger partial charge on any atom is 0.303 e. The highest BCUT2D eigenvalue weighted by Gasteiger charge is 2.28. The molecule has 1 fully saturated rings. The molecule has 0 heterocycles. The molecule has 1 saturated carbocycles. The molecule has 2 unspecified atom stereocenters. The second kappa shape index (κ2) is 12.4. The van der Waals surface area contributed by atoms with Gasteiger partial charge in [-0.05, 0) is 74.4 Å². The molecule has 1 amide bonds. The first kappa shape index (κ1) is 27.0. The fraction of sp³-hybridized carbons (Fsp3) is 0.464. The van der Waals surface area contributed by atoms with E-state index in [1.54, 1.807) is 25.2 Å². The van der Waals surface area contributed by atoms with Gasteiger partial charge >= 0.3 is 5.97 Å². The Morgan fingerprint density at radius 3 is 2.61 bits per heavy atom. The number of carbonyl (C=O) groups excluding carboxylic acids is 1. The number of carbonyl (C=O) groups is 2. The van der Waals surface area contributed by atoms with Crippen molar-refractivity contribution in [2.75, 3.05) is 23.8 Å². The molecule has 36 heavy (non-hydrogen) atoms. The van der Waals surface area contributed by atoms with Crippen LogP contribution in [0.15, 0.2) is 36.4 Å². The van der Waals surface area contributed by atoms with Crippen molar-refractivity contribution in [1.82, 2.24) is 5.32 Å². The van der Waals surface area contributed by atoms with Crippen LogP contribution in [0.2, 0.25) is 0 Å². The standard InChI is InChI=1S/C28H36N4O4/c1-18-7-11-23(28(36)30-3)16-25(18)32(14-13-20-8-9-20)19(2)27(35)31-24-15-21(17-29)10-12-22(24)5-4-6-26(33)34/h7,10-12,15-16,19-20,27,31,35H,4-6,8-9,13-14H2,1-3H3,(H,30,36)(H,33,34). The number of benzene rings is 2. The summed E-state index contributed by atoms with van der Waals surface area (Å²) in [5.74, 6) is -0.322. The molecule has 3 rings (SSSR count). The Balaban J connectivity index is 1.86. The van der Waals surface area contributed by atoms with Crippen molar-refractivity contribution in [3.8, 4) is 6.07 Å². The summed E-state index contributed by atoms with van der Waals surface area (Å²) in [4.78, 5) is 25.4. The van der Waals surface area contributed by atoms with Gasteiger partial charge in [0.2, 0.25) is 0 Å². The first-order chi connectivity index (χ1) is 17.2. The predicted molar refractivity (Wildman–Crippen MR) is 140 cm³/mol. The number of nitrogens with zero attached hydrogens (tertiary/aromatic N) is 2. The third-order valence-corrected chi connectivity index (χ3v) is 6.81. The first-order valence-corrected chi connectivity index (χ1v) is 12.5. The number of nitrogens with one attached hydrogen (secondary N) is 2. The van der Waals surface area contributed by atoms with Crippen LogP contribution in [0.25, 0.3) is 0 Å². The number of anilines is 2. The van der Waals surface area contributed by atoms with Crippen LogP contribution in [-0.4, -0.2) is 48.0 Å². The lowest BCUT2D eigenvalue weighted by Crippen LogP contribution is -2.46. The monoisotopic (exact) mass is 492 g/mol. The van der Waals surface area contributed by atoms with Crippen molar-refractivity contribution in [3.05, 3.63) is 58.7 Å². The highest BCUT2D eigenvalue weighted by Crippen LogP contribution is 2.34. The van der Waals surface area contributed by atoms with Crippen molar-refractivity contribution in [2.24, 2.45) is 5.92 Å². The number of aliphatic hydroxyl groups is 1. The molecule has 0 radical (unpaired) electrons. The van der Waals surface area contributed by atoms with Gasteiger partial charge in [0.25, 0.3) is 5.91 Å². The van der Waals surface area contributed by atoms with Crippen molar-refractivity contribution >= 4 is 23.3 Å². The summed E-state index contributed by atoms with van der Waals surface area (Å²) in [6.45, 7) is 4.68. The second-order valence-corrected chi connectivity index (χ2v) is 9.57. The third kappa shape index (κ3) is 7.22. The van der Waals surface area contributed by atoms with Crippen LogP contribution in [0, 0.1) is 24.2 Å². The van der Waals surface area contributed by atoms with Crippen LogP contribution in [0.4, 0.5) is 11.4 Å². The van der Waals surface area contributed by atoms with E-state index in [0.717, 1.165) is 29.8 Å². The molecule has 2 atom stereocenters. The molecule has 2 aromatic carbocycles. The number of aryl methyl sites for hydroxylation is 2. The van der Waals surface area contributed by atoms with Crippen molar-refractivity contribution in [1.29, 1.82) is 5.26 Å². The molecule has 0 spiro atoms. The van der Waals surface area contributed by atoms with Crippen LogP contribution >= 0.6 is 0 Å². The van der Waals surface area contributed by atoms with Crippen LogP contribution in [0.3, 0.4) is 0 Å². The van der Waals surface area contributed by atoms with Crippen molar-refractivity contribution in [2.45, 2.75) is 64.6 Å². The van der Waals surface area contributed by atoms with Gasteiger partial charge in [0.15, 0.2) is 0 Å². The SMILES string of the molecule is CNC(=O)c1ccc(C)c(N(CCC2CC2)C(C)C(O)Nc2cc(C#N)ccc2CCCC(=O)O)c1. The summed E-state index contributed by atoms with van der Waals surface area (Å²) in [6.07, 6.45) is 3.50. The van der Waals surface area contributed by atoms with Gasteiger partial charge in [-0.2, -0.15) is 5.26 Å². The number of nitriles is 1. The average molecular weight is 493 g/mol. The second-order valence-electron chi connectivity index (χ2n) is 9.57. The van der Waals surface area contributed by atoms with E-state index >= 15 is 0 Å². The van der Waals surface area contributed by atoms with E-state index in [9.17, 15) is 20.0 Å². The minimum atomic E-state index is -0.973. The van der Waals surface area contributed by atoms with Gasteiger partial charge in [-0.25, -0.2) is 0 Å². The molecular formula is C28H36N4O4. The molecule has 4 N–H and O–H groups in total. The number of aliphatic hydroxyl groups excluding tert-OH is 1. The third-order valence-electron chi connectivity index (χ3n) is 6.81. The predicted octanol–water partition coefficient (Wildman–Crippen LogP) is 4.06. The summed E-state index contributed by atoms with van der Waals surface area (Å²) < 4.78 is 0. The number of amides is 1. The fourth-order valence-electron chi connectivity index (χ4n) is 4.35. The highest BCUT2D eigenvalue weighted by atomic mass is 16.4. The number of rotatable bonds is 13. The van der Waals surface area contributed by atoms with Crippen molar-refractivity contribution in [3.63, 3.8) is 0 Å². The molecule has 1 aliphatic carbocycles. The summed E-state index contributed by atoms with van der Waals surface area (Å²) in [7, 11) is 1.60. The van der Waals surface area contributed by atoms with Crippen LogP contribution in [0.1, 0.15) is 66.1 Å². The Labute approximate surface area is 212 Å². The Kier molecular flexibility index (Phi) is 9.31. The zero-order valence-corrected chi connectivity index (χ0v) is 21.3. The zero-order chi connectivity index (χ0) is 26.2. The minimum absolute atomic E-state index is 0.0499. The van der Waals surface area contributed by atoms with Gasteiger partial charge < -0.3 is 25.7 Å². The summed E-state index contributed by atoms with van der Waals surface area (Å²) in [5, 5.41) is 35.5. The summed E-state index contributed by atoms with van der Waals surface area (Å²) in [6, 6.07) is 12.6. The number of hydrogen-bond donors (Lipinski definition) is 4. The van der Waals surface area contributed by atoms with Gasteiger partial charge in [0, 0.05) is 37.0 Å². The zero-order valence-electron chi connectivity index (χ0n) is 21.3. The van der Waals surface area contributed by atoms with E-state index in [2.05, 4.69) is 21.6 Å². The summed E-state index contributed by atoms with van der Waals surface area (Å²) in [5.41, 5.74) is 4.40. The number of aliphatic carboxylic acids is 1. The molecule has 2 aromatic rings. The molecule has 1 aliphatic rings. The van der Waals surface area contributed by atoms with Gasteiger partial charge in [-0.15, -0.1) is 0 Å². The van der Waals surface area contributed by atoms with Gasteiger partial charge in [-0.3, -0.25) is 9.59 Å². The molecule has 0 saturated heterocycles. The van der Waals surface area contributed by atoms with Gasteiger partial charge in [-0.1, -0.05) is 25.0 Å². The van der Waals surface area contributed by atoms with E-state index < -0.39 is 12.2 Å². The van der Waals surface area contributed by atoms with E-state index in [1.807, 2.05) is 32.0 Å². The van der Waals surface area contributed by atoms with E-state index in [1.165, 1.54) is 12.8 Å².